The van der Waals surface area contributed by atoms with Crippen LogP contribution in [0.4, 0.5) is 0 Å². The summed E-state index contributed by atoms with van der Waals surface area (Å²) in [6.45, 7) is 6.20. The first kappa shape index (κ1) is 10.4. The molecule has 0 N–H and O–H groups in total. The molecule has 3 nitrogen and oxygen atoms in total. The fourth-order valence-electron chi connectivity index (χ4n) is 1.68. The maximum Gasteiger partial charge on any atom is 0.184 e. The average Bonchev–Trinajstić information content (AvgIpc) is 2.74. The van der Waals surface area contributed by atoms with Gasteiger partial charge in [0.1, 0.15) is 6.07 Å². The number of nitriles is 1. The molecular weight excluding hydrogens is 200 g/mol. The zero-order valence-corrected chi connectivity index (χ0v) is 9.53. The van der Waals surface area contributed by atoms with Crippen molar-refractivity contribution in [2.24, 2.45) is 0 Å². The highest BCUT2D eigenvalue weighted by Crippen LogP contribution is 2.27. The molecule has 0 radical (unpaired) electrons. The Labute approximate surface area is 94.3 Å². The molecule has 0 aliphatic heterocycles. The second-order valence-electron chi connectivity index (χ2n) is 3.87. The summed E-state index contributed by atoms with van der Waals surface area (Å²) in [5.41, 5.74) is 4.97. The predicted octanol–water partition coefficient (Wildman–Crippen LogP) is 3.14. The maximum absolute atomic E-state index is 8.69. The van der Waals surface area contributed by atoms with Crippen molar-refractivity contribution in [2.75, 3.05) is 0 Å². The standard InChI is InChI=1S/C13H12N2O/c1-8-4-5-12(10(3)9(8)2)13-6-11(7-14)15-16-13/h4-6H,1-3H3. The Morgan fingerprint density at radius 2 is 1.94 bits per heavy atom. The second-order valence-corrected chi connectivity index (χ2v) is 3.87. The van der Waals surface area contributed by atoms with Crippen molar-refractivity contribution in [3.63, 3.8) is 0 Å². The molecule has 1 heterocycles. The van der Waals surface area contributed by atoms with Crippen molar-refractivity contribution in [3.8, 4) is 17.4 Å². The number of rotatable bonds is 1. The smallest absolute Gasteiger partial charge is 0.184 e. The van der Waals surface area contributed by atoms with Gasteiger partial charge in [0.05, 0.1) is 0 Å². The molecule has 0 atom stereocenters. The van der Waals surface area contributed by atoms with E-state index in [0.29, 0.717) is 11.5 Å². The van der Waals surface area contributed by atoms with Crippen LogP contribution in [0.1, 0.15) is 22.4 Å². The maximum atomic E-state index is 8.69. The molecule has 0 saturated carbocycles. The molecule has 2 rings (SSSR count). The Hall–Kier alpha value is -2.08. The van der Waals surface area contributed by atoms with Crippen LogP contribution in [0.3, 0.4) is 0 Å². The molecule has 16 heavy (non-hydrogen) atoms. The van der Waals surface area contributed by atoms with Gasteiger partial charge in [0.25, 0.3) is 0 Å². The van der Waals surface area contributed by atoms with Crippen LogP contribution in [0.2, 0.25) is 0 Å². The number of benzene rings is 1. The van der Waals surface area contributed by atoms with Crippen molar-refractivity contribution in [3.05, 3.63) is 40.6 Å². The molecule has 0 unspecified atom stereocenters. The number of aromatic nitrogens is 1. The van der Waals surface area contributed by atoms with Gasteiger partial charge in [0, 0.05) is 11.6 Å². The summed E-state index contributed by atoms with van der Waals surface area (Å²) in [7, 11) is 0. The molecule has 0 spiro atoms. The molecule has 0 aliphatic rings. The Bertz CT molecular complexity index is 576. The Morgan fingerprint density at radius 1 is 1.19 bits per heavy atom. The minimum atomic E-state index is 0.313. The SMILES string of the molecule is Cc1ccc(-c2cc(C#N)no2)c(C)c1C. The Balaban J connectivity index is 2.57. The van der Waals surface area contributed by atoms with Gasteiger partial charge in [0.15, 0.2) is 11.5 Å². The largest absolute Gasteiger partial charge is 0.355 e. The van der Waals surface area contributed by atoms with Crippen LogP contribution >= 0.6 is 0 Å². The topological polar surface area (TPSA) is 49.8 Å². The lowest BCUT2D eigenvalue weighted by molar-refractivity contribution is 0.430. The van der Waals surface area contributed by atoms with Crippen molar-refractivity contribution in [1.82, 2.24) is 5.16 Å². The summed E-state index contributed by atoms with van der Waals surface area (Å²) in [6.07, 6.45) is 0. The molecule has 1 aromatic carbocycles. The molecule has 0 aliphatic carbocycles. The van der Waals surface area contributed by atoms with Gasteiger partial charge in [0.2, 0.25) is 0 Å². The van der Waals surface area contributed by atoms with Crippen LogP contribution in [0.25, 0.3) is 11.3 Å². The third kappa shape index (κ3) is 1.59. The van der Waals surface area contributed by atoms with Gasteiger partial charge in [-0.25, -0.2) is 0 Å². The summed E-state index contributed by atoms with van der Waals surface area (Å²) >= 11 is 0. The van der Waals surface area contributed by atoms with Gasteiger partial charge in [-0.15, -0.1) is 0 Å². The van der Waals surface area contributed by atoms with E-state index in [-0.39, 0.29) is 0 Å². The van der Waals surface area contributed by atoms with Crippen LogP contribution in [0.15, 0.2) is 22.7 Å². The first-order chi connectivity index (χ1) is 7.63. The predicted molar refractivity (Wildman–Crippen MR) is 60.9 cm³/mol. The third-order valence-corrected chi connectivity index (χ3v) is 2.95. The molecule has 0 amide bonds. The molecular formula is C13H12N2O. The lowest BCUT2D eigenvalue weighted by atomic mass is 9.97. The molecule has 2 aromatic rings. The van der Waals surface area contributed by atoms with E-state index in [4.69, 9.17) is 9.78 Å². The summed E-state index contributed by atoms with van der Waals surface area (Å²) < 4.78 is 5.14. The quantitative estimate of drug-likeness (QED) is 0.729. The van der Waals surface area contributed by atoms with Crippen molar-refractivity contribution in [2.45, 2.75) is 20.8 Å². The number of aryl methyl sites for hydroxylation is 1. The number of hydrogen-bond donors (Lipinski definition) is 0. The van der Waals surface area contributed by atoms with Gasteiger partial charge in [-0.3, -0.25) is 0 Å². The monoisotopic (exact) mass is 212 g/mol. The molecule has 80 valence electrons. The van der Waals surface area contributed by atoms with E-state index < -0.39 is 0 Å². The fraction of sp³-hybridized carbons (Fsp3) is 0.231. The summed E-state index contributed by atoms with van der Waals surface area (Å²) in [4.78, 5) is 0. The zero-order chi connectivity index (χ0) is 11.7. The van der Waals surface area contributed by atoms with E-state index in [2.05, 4.69) is 19.0 Å². The van der Waals surface area contributed by atoms with Gasteiger partial charge in [-0.1, -0.05) is 17.3 Å². The van der Waals surface area contributed by atoms with Gasteiger partial charge in [-0.05, 0) is 37.5 Å². The minimum Gasteiger partial charge on any atom is -0.355 e. The van der Waals surface area contributed by atoms with E-state index in [1.54, 1.807) is 6.07 Å². The fourth-order valence-corrected chi connectivity index (χ4v) is 1.68. The highest BCUT2D eigenvalue weighted by Gasteiger charge is 2.11. The third-order valence-electron chi connectivity index (χ3n) is 2.95. The van der Waals surface area contributed by atoms with Crippen LogP contribution in [-0.2, 0) is 0 Å². The van der Waals surface area contributed by atoms with Crippen LogP contribution < -0.4 is 0 Å². The number of hydrogen-bond acceptors (Lipinski definition) is 3. The summed E-state index contributed by atoms with van der Waals surface area (Å²) in [5, 5.41) is 12.4. The normalized spacial score (nSPS) is 10.1. The van der Waals surface area contributed by atoms with Crippen molar-refractivity contribution >= 4 is 0 Å². The number of nitrogens with zero attached hydrogens (tertiary/aromatic N) is 2. The van der Waals surface area contributed by atoms with E-state index in [1.165, 1.54) is 16.7 Å². The van der Waals surface area contributed by atoms with Crippen LogP contribution in [0, 0.1) is 32.1 Å². The lowest BCUT2D eigenvalue weighted by Gasteiger charge is -2.08. The first-order valence-corrected chi connectivity index (χ1v) is 5.07. The Morgan fingerprint density at radius 3 is 2.56 bits per heavy atom. The van der Waals surface area contributed by atoms with Gasteiger partial charge >= 0.3 is 0 Å². The lowest BCUT2D eigenvalue weighted by Crippen LogP contribution is -1.89. The second kappa shape index (κ2) is 3.82. The van der Waals surface area contributed by atoms with Gasteiger partial charge < -0.3 is 4.52 Å². The van der Waals surface area contributed by atoms with E-state index in [0.717, 1.165) is 5.56 Å². The minimum absolute atomic E-state index is 0.313. The van der Waals surface area contributed by atoms with Crippen molar-refractivity contribution < 1.29 is 4.52 Å². The van der Waals surface area contributed by atoms with E-state index >= 15 is 0 Å². The average molecular weight is 212 g/mol. The highest BCUT2D eigenvalue weighted by molar-refractivity contribution is 5.65. The summed E-state index contributed by atoms with van der Waals surface area (Å²) in [6, 6.07) is 7.67. The zero-order valence-electron chi connectivity index (χ0n) is 9.53. The highest BCUT2D eigenvalue weighted by atomic mass is 16.5. The van der Waals surface area contributed by atoms with E-state index in [1.807, 2.05) is 25.1 Å². The molecule has 1 aromatic heterocycles. The van der Waals surface area contributed by atoms with Crippen LogP contribution in [0.5, 0.6) is 0 Å². The Kier molecular flexibility index (Phi) is 2.49. The molecule has 3 heteroatoms. The molecule has 0 saturated heterocycles. The van der Waals surface area contributed by atoms with Crippen LogP contribution in [-0.4, -0.2) is 5.16 Å². The molecule has 0 fully saturated rings. The van der Waals surface area contributed by atoms with Crippen molar-refractivity contribution in [1.29, 1.82) is 5.26 Å². The first-order valence-electron chi connectivity index (χ1n) is 5.07. The summed E-state index contributed by atoms with van der Waals surface area (Å²) in [5.74, 6) is 0.650. The molecule has 0 bridgehead atoms. The van der Waals surface area contributed by atoms with E-state index in [9.17, 15) is 0 Å². The van der Waals surface area contributed by atoms with Gasteiger partial charge in [-0.2, -0.15) is 5.26 Å².